The van der Waals surface area contributed by atoms with Gasteiger partial charge in [0.1, 0.15) is 0 Å². The molecule has 0 spiro atoms. The molecule has 0 aliphatic heterocycles. The summed E-state index contributed by atoms with van der Waals surface area (Å²) in [6.45, 7) is 1.72. The average molecular weight is 258 g/mol. The molecule has 0 saturated heterocycles. The molecule has 0 aromatic carbocycles. The van der Waals surface area contributed by atoms with Crippen LogP contribution in [0.3, 0.4) is 0 Å². The molecular weight excluding hydrogens is 236 g/mol. The summed E-state index contributed by atoms with van der Waals surface area (Å²) >= 11 is 0. The van der Waals surface area contributed by atoms with Gasteiger partial charge in [0, 0.05) is 44.0 Å². The van der Waals surface area contributed by atoms with Crippen molar-refractivity contribution in [2.75, 3.05) is 6.54 Å². The van der Waals surface area contributed by atoms with Gasteiger partial charge in [0.05, 0.1) is 6.07 Å². The van der Waals surface area contributed by atoms with Gasteiger partial charge in [-0.2, -0.15) is 5.26 Å². The van der Waals surface area contributed by atoms with Crippen LogP contribution in [0.1, 0.15) is 37.7 Å². The highest BCUT2D eigenvalue weighted by Crippen LogP contribution is 2.23. The lowest BCUT2D eigenvalue weighted by molar-refractivity contribution is 0.144. The predicted octanol–water partition coefficient (Wildman–Crippen LogP) is 2.07. The van der Waals surface area contributed by atoms with Crippen LogP contribution in [0.15, 0.2) is 24.5 Å². The summed E-state index contributed by atoms with van der Waals surface area (Å²) in [6, 6.07) is 7.25. The van der Waals surface area contributed by atoms with E-state index in [0.717, 1.165) is 38.8 Å². The Morgan fingerprint density at radius 3 is 2.79 bits per heavy atom. The van der Waals surface area contributed by atoms with Gasteiger partial charge in [0.2, 0.25) is 0 Å². The monoisotopic (exact) mass is 258 g/mol. The maximum Gasteiger partial charge on any atom is 0.0635 e. The van der Waals surface area contributed by atoms with Gasteiger partial charge in [-0.3, -0.25) is 9.88 Å². The largest absolute Gasteiger partial charge is 0.328 e. The topological polar surface area (TPSA) is 65.9 Å². The first-order valence-corrected chi connectivity index (χ1v) is 7.05. The van der Waals surface area contributed by atoms with Crippen molar-refractivity contribution in [3.8, 4) is 6.07 Å². The molecule has 1 saturated carbocycles. The minimum atomic E-state index is 0.368. The molecule has 0 atom stereocenters. The molecule has 1 fully saturated rings. The molecule has 0 bridgehead atoms. The van der Waals surface area contributed by atoms with E-state index in [9.17, 15) is 0 Å². The van der Waals surface area contributed by atoms with Crippen molar-refractivity contribution in [3.05, 3.63) is 30.1 Å². The second kappa shape index (κ2) is 7.22. The zero-order valence-corrected chi connectivity index (χ0v) is 11.3. The van der Waals surface area contributed by atoms with E-state index in [1.165, 1.54) is 5.56 Å². The highest BCUT2D eigenvalue weighted by atomic mass is 15.2. The van der Waals surface area contributed by atoms with Crippen LogP contribution < -0.4 is 5.73 Å². The summed E-state index contributed by atoms with van der Waals surface area (Å²) in [4.78, 5) is 6.59. The Morgan fingerprint density at radius 1 is 1.37 bits per heavy atom. The van der Waals surface area contributed by atoms with E-state index in [1.54, 1.807) is 6.20 Å². The number of pyridine rings is 1. The van der Waals surface area contributed by atoms with Crippen molar-refractivity contribution in [1.29, 1.82) is 5.26 Å². The summed E-state index contributed by atoms with van der Waals surface area (Å²) in [6.07, 6.45) is 8.78. The van der Waals surface area contributed by atoms with Gasteiger partial charge in [-0.15, -0.1) is 0 Å². The zero-order valence-electron chi connectivity index (χ0n) is 11.3. The van der Waals surface area contributed by atoms with E-state index >= 15 is 0 Å². The average Bonchev–Trinajstić information content (AvgIpc) is 2.45. The molecule has 1 aliphatic rings. The first-order chi connectivity index (χ1) is 9.29. The van der Waals surface area contributed by atoms with Gasteiger partial charge in [-0.1, -0.05) is 6.07 Å². The maximum absolute atomic E-state index is 8.81. The van der Waals surface area contributed by atoms with Crippen LogP contribution in [0.5, 0.6) is 0 Å². The summed E-state index contributed by atoms with van der Waals surface area (Å²) in [5, 5.41) is 8.81. The van der Waals surface area contributed by atoms with Crippen molar-refractivity contribution >= 4 is 0 Å². The van der Waals surface area contributed by atoms with E-state index in [2.05, 4.69) is 22.0 Å². The molecule has 4 nitrogen and oxygen atoms in total. The van der Waals surface area contributed by atoms with Crippen molar-refractivity contribution in [2.45, 2.75) is 50.7 Å². The maximum atomic E-state index is 8.81. The Morgan fingerprint density at radius 2 is 2.16 bits per heavy atom. The molecular formula is C15H22N4. The van der Waals surface area contributed by atoms with E-state index < -0.39 is 0 Å². The summed E-state index contributed by atoms with van der Waals surface area (Å²) in [7, 11) is 0. The molecule has 0 radical (unpaired) electrons. The molecule has 2 rings (SSSR count). The normalized spacial score (nSPS) is 23.2. The third-order valence-electron chi connectivity index (χ3n) is 3.88. The third kappa shape index (κ3) is 4.30. The molecule has 0 amide bonds. The van der Waals surface area contributed by atoms with Crippen LogP contribution in [0, 0.1) is 11.3 Å². The number of hydrogen-bond donors (Lipinski definition) is 1. The van der Waals surface area contributed by atoms with Gasteiger partial charge in [-0.25, -0.2) is 0 Å². The van der Waals surface area contributed by atoms with Crippen molar-refractivity contribution in [3.63, 3.8) is 0 Å². The molecule has 1 aromatic rings. The van der Waals surface area contributed by atoms with E-state index in [0.29, 0.717) is 18.5 Å². The third-order valence-corrected chi connectivity index (χ3v) is 3.88. The SMILES string of the molecule is N#CCCN(Cc1cccnc1)C1CCC(N)CC1. The predicted molar refractivity (Wildman–Crippen MR) is 75.1 cm³/mol. The first kappa shape index (κ1) is 14.0. The summed E-state index contributed by atoms with van der Waals surface area (Å²) < 4.78 is 0. The van der Waals surface area contributed by atoms with Crippen LogP contribution in [0.25, 0.3) is 0 Å². The summed E-state index contributed by atoms with van der Waals surface area (Å²) in [5.41, 5.74) is 7.19. The van der Waals surface area contributed by atoms with Gasteiger partial charge < -0.3 is 5.73 Å². The Balaban J connectivity index is 1.97. The van der Waals surface area contributed by atoms with Gasteiger partial charge in [0.15, 0.2) is 0 Å². The lowest BCUT2D eigenvalue weighted by Gasteiger charge is -2.35. The van der Waals surface area contributed by atoms with Crippen LogP contribution in [0.2, 0.25) is 0 Å². The number of aromatic nitrogens is 1. The standard InChI is InChI=1S/C15H22N4/c16-8-2-10-19(12-13-3-1-9-18-11-13)15-6-4-14(17)5-7-15/h1,3,9,11,14-15H,2,4-7,10,12,17H2. The quantitative estimate of drug-likeness (QED) is 0.878. The van der Waals surface area contributed by atoms with Gasteiger partial charge >= 0.3 is 0 Å². The minimum Gasteiger partial charge on any atom is -0.328 e. The minimum absolute atomic E-state index is 0.368. The molecule has 1 aliphatic carbocycles. The fraction of sp³-hybridized carbons (Fsp3) is 0.600. The van der Waals surface area contributed by atoms with E-state index in [4.69, 9.17) is 11.0 Å². The fourth-order valence-electron chi connectivity index (χ4n) is 2.78. The van der Waals surface area contributed by atoms with Crippen molar-refractivity contribution < 1.29 is 0 Å². The van der Waals surface area contributed by atoms with Crippen molar-refractivity contribution in [1.82, 2.24) is 9.88 Å². The number of nitrogens with two attached hydrogens (primary N) is 1. The Labute approximate surface area is 115 Å². The fourth-order valence-corrected chi connectivity index (χ4v) is 2.78. The number of rotatable bonds is 5. The second-order valence-corrected chi connectivity index (χ2v) is 5.31. The van der Waals surface area contributed by atoms with E-state index in [-0.39, 0.29) is 0 Å². The lowest BCUT2D eigenvalue weighted by atomic mass is 9.90. The van der Waals surface area contributed by atoms with Crippen LogP contribution >= 0.6 is 0 Å². The molecule has 4 heteroatoms. The molecule has 1 aromatic heterocycles. The molecule has 1 heterocycles. The van der Waals surface area contributed by atoms with Crippen molar-refractivity contribution in [2.24, 2.45) is 5.73 Å². The number of hydrogen-bond acceptors (Lipinski definition) is 4. The van der Waals surface area contributed by atoms with Gasteiger partial charge in [-0.05, 0) is 37.3 Å². The lowest BCUT2D eigenvalue weighted by Crippen LogP contribution is -2.41. The van der Waals surface area contributed by atoms with Crippen LogP contribution in [-0.4, -0.2) is 28.5 Å². The highest BCUT2D eigenvalue weighted by molar-refractivity contribution is 5.08. The Kier molecular flexibility index (Phi) is 5.31. The Bertz CT molecular complexity index is 404. The van der Waals surface area contributed by atoms with Gasteiger partial charge in [0.25, 0.3) is 0 Å². The number of nitrogens with zero attached hydrogens (tertiary/aromatic N) is 3. The molecule has 2 N–H and O–H groups in total. The molecule has 102 valence electrons. The molecule has 19 heavy (non-hydrogen) atoms. The second-order valence-electron chi connectivity index (χ2n) is 5.31. The van der Waals surface area contributed by atoms with Crippen LogP contribution in [0.4, 0.5) is 0 Å². The van der Waals surface area contributed by atoms with Crippen LogP contribution in [-0.2, 0) is 6.54 Å². The zero-order chi connectivity index (χ0) is 13.5. The highest BCUT2D eigenvalue weighted by Gasteiger charge is 2.24. The van der Waals surface area contributed by atoms with E-state index in [1.807, 2.05) is 12.3 Å². The molecule has 0 unspecified atom stereocenters. The summed E-state index contributed by atoms with van der Waals surface area (Å²) in [5.74, 6) is 0. The first-order valence-electron chi connectivity index (χ1n) is 7.05. The Hall–Kier alpha value is -1.44. The number of nitriles is 1. The smallest absolute Gasteiger partial charge is 0.0635 e.